The van der Waals surface area contributed by atoms with Crippen LogP contribution < -0.4 is 0 Å². The van der Waals surface area contributed by atoms with Gasteiger partial charge in [-0.1, -0.05) is 29.5 Å². The fraction of sp³-hybridized carbons (Fsp3) is 0.333. The summed E-state index contributed by atoms with van der Waals surface area (Å²) in [5.74, 6) is 0.0263. The molecule has 0 spiro atoms. The summed E-state index contributed by atoms with van der Waals surface area (Å²) in [7, 11) is 0. The van der Waals surface area contributed by atoms with Crippen LogP contribution in [-0.2, 0) is 0 Å². The summed E-state index contributed by atoms with van der Waals surface area (Å²) in [4.78, 5) is 0. The van der Waals surface area contributed by atoms with Crippen molar-refractivity contribution >= 4 is 11.8 Å². The maximum absolute atomic E-state index is 12.0. The first kappa shape index (κ1) is 13.0. The summed E-state index contributed by atoms with van der Waals surface area (Å²) >= 11 is 0.863. The lowest BCUT2D eigenvalue weighted by atomic mass is 10.1. The summed E-state index contributed by atoms with van der Waals surface area (Å²) in [6, 6.07) is 5.84. The van der Waals surface area contributed by atoms with E-state index in [2.05, 4.69) is 10.2 Å². The Kier molecular flexibility index (Phi) is 3.96. The molecule has 0 amide bonds. The first-order chi connectivity index (χ1) is 8.56. The predicted octanol–water partition coefficient (Wildman–Crippen LogP) is 3.71. The van der Waals surface area contributed by atoms with E-state index in [1.807, 2.05) is 32.0 Å². The van der Waals surface area contributed by atoms with Crippen LogP contribution in [0.5, 0.6) is 0 Å². The molecule has 0 atom stereocenters. The van der Waals surface area contributed by atoms with Crippen LogP contribution in [0.3, 0.4) is 0 Å². The lowest BCUT2D eigenvalue weighted by molar-refractivity contribution is 0.176. The van der Waals surface area contributed by atoms with Crippen LogP contribution in [0.2, 0.25) is 0 Å². The molecule has 0 aliphatic rings. The Balaban J connectivity index is 2.18. The molecule has 96 valence electrons. The number of hydrogen-bond acceptors (Lipinski definition) is 4. The van der Waals surface area contributed by atoms with Crippen LogP contribution in [0.15, 0.2) is 27.8 Å². The Hall–Kier alpha value is -1.43. The fourth-order valence-electron chi connectivity index (χ4n) is 1.56. The van der Waals surface area contributed by atoms with E-state index >= 15 is 0 Å². The van der Waals surface area contributed by atoms with Crippen molar-refractivity contribution in [2.24, 2.45) is 0 Å². The highest BCUT2D eigenvalue weighted by Crippen LogP contribution is 2.26. The highest BCUT2D eigenvalue weighted by atomic mass is 32.2. The average molecular weight is 270 g/mol. The Morgan fingerprint density at radius 2 is 2.06 bits per heavy atom. The zero-order chi connectivity index (χ0) is 13.1. The van der Waals surface area contributed by atoms with E-state index in [1.54, 1.807) is 0 Å². The van der Waals surface area contributed by atoms with Crippen LogP contribution >= 0.6 is 11.8 Å². The van der Waals surface area contributed by atoms with Crippen molar-refractivity contribution in [1.29, 1.82) is 0 Å². The van der Waals surface area contributed by atoms with Gasteiger partial charge in [0.2, 0.25) is 12.3 Å². The standard InChI is InChI=1S/C12H12F2N2OS/c1-7-3-4-9(8(2)5-7)11-15-16-12(17-11)18-6-10(13)14/h3-5,10H,6H2,1-2H3. The van der Waals surface area contributed by atoms with Gasteiger partial charge in [-0.25, -0.2) is 8.78 Å². The molecule has 2 aromatic rings. The number of alkyl halides is 2. The summed E-state index contributed by atoms with van der Waals surface area (Å²) in [5.41, 5.74) is 2.99. The van der Waals surface area contributed by atoms with Crippen LogP contribution in [0, 0.1) is 13.8 Å². The number of aryl methyl sites for hydroxylation is 2. The number of aromatic nitrogens is 2. The predicted molar refractivity (Wildman–Crippen MR) is 65.9 cm³/mol. The maximum Gasteiger partial charge on any atom is 0.277 e. The number of benzene rings is 1. The molecule has 0 saturated heterocycles. The molecule has 0 N–H and O–H groups in total. The van der Waals surface area contributed by atoms with Gasteiger partial charge in [0.25, 0.3) is 5.22 Å². The second-order valence-corrected chi connectivity index (χ2v) is 4.86. The minimum absolute atomic E-state index is 0.172. The van der Waals surface area contributed by atoms with Crippen molar-refractivity contribution < 1.29 is 13.2 Å². The number of rotatable bonds is 4. The third kappa shape index (κ3) is 3.07. The monoisotopic (exact) mass is 270 g/mol. The summed E-state index contributed by atoms with van der Waals surface area (Å²) in [6.45, 7) is 3.94. The van der Waals surface area contributed by atoms with E-state index in [4.69, 9.17) is 4.42 Å². The van der Waals surface area contributed by atoms with E-state index in [1.165, 1.54) is 0 Å². The summed E-state index contributed by atoms with van der Waals surface area (Å²) in [5, 5.41) is 7.79. The zero-order valence-corrected chi connectivity index (χ0v) is 10.8. The van der Waals surface area contributed by atoms with Gasteiger partial charge in [0.1, 0.15) is 0 Å². The zero-order valence-electron chi connectivity index (χ0n) is 9.98. The Bertz CT molecular complexity index is 543. The Morgan fingerprint density at radius 1 is 1.28 bits per heavy atom. The van der Waals surface area contributed by atoms with Gasteiger partial charge in [-0.15, -0.1) is 10.2 Å². The molecule has 0 fully saturated rings. The van der Waals surface area contributed by atoms with E-state index in [0.717, 1.165) is 28.5 Å². The lowest BCUT2D eigenvalue weighted by Gasteiger charge is -2.01. The van der Waals surface area contributed by atoms with Gasteiger partial charge in [0.05, 0.1) is 5.75 Å². The van der Waals surface area contributed by atoms with Gasteiger partial charge in [-0.2, -0.15) is 0 Å². The molecule has 1 heterocycles. The Morgan fingerprint density at radius 3 is 2.72 bits per heavy atom. The molecule has 18 heavy (non-hydrogen) atoms. The maximum atomic E-state index is 12.0. The largest absolute Gasteiger partial charge is 0.411 e. The number of halogens is 2. The molecule has 2 rings (SSSR count). The quantitative estimate of drug-likeness (QED) is 0.794. The van der Waals surface area contributed by atoms with Crippen molar-refractivity contribution in [3.8, 4) is 11.5 Å². The molecule has 1 aromatic carbocycles. The highest BCUT2D eigenvalue weighted by molar-refractivity contribution is 7.99. The van der Waals surface area contributed by atoms with Crippen molar-refractivity contribution in [1.82, 2.24) is 10.2 Å². The topological polar surface area (TPSA) is 38.9 Å². The lowest BCUT2D eigenvalue weighted by Crippen LogP contribution is -1.92. The summed E-state index contributed by atoms with van der Waals surface area (Å²) < 4.78 is 29.4. The van der Waals surface area contributed by atoms with Crippen LogP contribution in [0.4, 0.5) is 8.78 Å². The van der Waals surface area contributed by atoms with Crippen molar-refractivity contribution in [3.63, 3.8) is 0 Å². The third-order valence-electron chi connectivity index (χ3n) is 2.35. The van der Waals surface area contributed by atoms with Crippen LogP contribution in [0.25, 0.3) is 11.5 Å². The van der Waals surface area contributed by atoms with E-state index in [-0.39, 0.29) is 11.0 Å². The van der Waals surface area contributed by atoms with Crippen LogP contribution in [-0.4, -0.2) is 22.4 Å². The second kappa shape index (κ2) is 5.48. The molecule has 3 nitrogen and oxygen atoms in total. The third-order valence-corrected chi connectivity index (χ3v) is 3.18. The van der Waals surface area contributed by atoms with Gasteiger partial charge < -0.3 is 4.42 Å². The van der Waals surface area contributed by atoms with Crippen molar-refractivity contribution in [2.45, 2.75) is 25.5 Å². The molecule has 0 saturated carbocycles. The molecular formula is C12H12F2N2OS. The number of hydrogen-bond donors (Lipinski definition) is 0. The van der Waals surface area contributed by atoms with Crippen molar-refractivity contribution in [3.05, 3.63) is 29.3 Å². The molecule has 0 unspecified atom stereocenters. The normalized spacial score (nSPS) is 11.2. The van der Waals surface area contributed by atoms with Gasteiger partial charge in [-0.3, -0.25) is 0 Å². The molecule has 0 aliphatic heterocycles. The first-order valence-electron chi connectivity index (χ1n) is 5.38. The van der Waals surface area contributed by atoms with Gasteiger partial charge >= 0.3 is 0 Å². The van der Waals surface area contributed by atoms with Gasteiger partial charge in [0.15, 0.2) is 0 Å². The first-order valence-corrected chi connectivity index (χ1v) is 6.37. The summed E-state index contributed by atoms with van der Waals surface area (Å²) in [6.07, 6.45) is -2.38. The SMILES string of the molecule is Cc1ccc(-c2nnc(SCC(F)F)o2)c(C)c1. The fourth-order valence-corrected chi connectivity index (χ4v) is 2.07. The smallest absolute Gasteiger partial charge is 0.277 e. The van der Waals surface area contributed by atoms with Gasteiger partial charge in [0, 0.05) is 5.56 Å². The average Bonchev–Trinajstić information content (AvgIpc) is 2.75. The molecule has 0 bridgehead atoms. The van der Waals surface area contributed by atoms with Crippen LogP contribution in [0.1, 0.15) is 11.1 Å². The molecule has 1 aromatic heterocycles. The molecule has 6 heteroatoms. The second-order valence-electron chi connectivity index (χ2n) is 3.89. The minimum Gasteiger partial charge on any atom is -0.411 e. The van der Waals surface area contributed by atoms with E-state index in [0.29, 0.717) is 5.89 Å². The minimum atomic E-state index is -2.38. The molecular weight excluding hydrogens is 258 g/mol. The number of nitrogens with zero attached hydrogens (tertiary/aromatic N) is 2. The van der Waals surface area contributed by atoms with Gasteiger partial charge in [-0.05, 0) is 25.5 Å². The van der Waals surface area contributed by atoms with Crippen molar-refractivity contribution in [2.75, 3.05) is 5.75 Å². The van der Waals surface area contributed by atoms with E-state index < -0.39 is 6.43 Å². The Labute approximate surface area is 108 Å². The molecule has 0 radical (unpaired) electrons. The van der Waals surface area contributed by atoms with E-state index in [9.17, 15) is 8.78 Å². The highest BCUT2D eigenvalue weighted by Gasteiger charge is 2.13. The molecule has 0 aliphatic carbocycles. The number of thioether (sulfide) groups is 1.